The van der Waals surface area contributed by atoms with Gasteiger partial charge in [-0.15, -0.1) is 0 Å². The molecule has 102 valence electrons. The fourth-order valence-corrected chi connectivity index (χ4v) is 3.02. The maximum Gasteiger partial charge on any atom is 0.151 e. The largest absolute Gasteiger partial charge is 0.307 e. The Kier molecular flexibility index (Phi) is 5.35. The number of benzene rings is 1. The van der Waals surface area contributed by atoms with Crippen molar-refractivity contribution in [3.05, 3.63) is 35.4 Å². The monoisotopic (exact) mass is 269 g/mol. The smallest absolute Gasteiger partial charge is 0.151 e. The quantitative estimate of drug-likeness (QED) is 0.863. The third kappa shape index (κ3) is 4.78. The summed E-state index contributed by atoms with van der Waals surface area (Å²) in [5.41, 5.74) is 2.41. The molecule has 0 fully saturated rings. The maximum absolute atomic E-state index is 11.5. The Hall–Kier alpha value is -0.870. The predicted molar refractivity (Wildman–Crippen MR) is 76.5 cm³/mol. The van der Waals surface area contributed by atoms with Crippen LogP contribution in [0.3, 0.4) is 0 Å². The van der Waals surface area contributed by atoms with Gasteiger partial charge in [-0.05, 0) is 26.3 Å². The van der Waals surface area contributed by atoms with Crippen molar-refractivity contribution >= 4 is 9.84 Å². The molecule has 1 aromatic carbocycles. The van der Waals surface area contributed by atoms with Gasteiger partial charge in [0, 0.05) is 17.8 Å². The molecule has 0 aliphatic carbocycles. The number of hydrogen-bond acceptors (Lipinski definition) is 3. The molecule has 0 radical (unpaired) electrons. The van der Waals surface area contributed by atoms with Gasteiger partial charge < -0.3 is 5.32 Å². The average Bonchev–Trinajstić information content (AvgIpc) is 2.29. The van der Waals surface area contributed by atoms with Crippen LogP contribution in [0.4, 0.5) is 0 Å². The van der Waals surface area contributed by atoms with E-state index in [2.05, 4.69) is 43.4 Å². The second-order valence-corrected chi connectivity index (χ2v) is 7.30. The zero-order valence-corrected chi connectivity index (χ0v) is 12.4. The Labute approximate surface area is 111 Å². The van der Waals surface area contributed by atoms with Crippen LogP contribution in [-0.4, -0.2) is 26.0 Å². The highest BCUT2D eigenvalue weighted by Crippen LogP contribution is 2.14. The van der Waals surface area contributed by atoms with Crippen LogP contribution < -0.4 is 5.32 Å². The SMILES string of the molecule is CCS(=O)(=O)C[C@@H](C)N[C@@H](C)c1ccc(C)cc1. The van der Waals surface area contributed by atoms with Crippen LogP contribution in [-0.2, 0) is 9.84 Å². The fraction of sp³-hybridized carbons (Fsp3) is 0.571. The fourth-order valence-electron chi connectivity index (χ4n) is 1.92. The van der Waals surface area contributed by atoms with Crippen molar-refractivity contribution in [1.29, 1.82) is 0 Å². The normalized spacial score (nSPS) is 15.3. The van der Waals surface area contributed by atoms with Crippen LogP contribution in [0.1, 0.15) is 37.9 Å². The van der Waals surface area contributed by atoms with Crippen LogP contribution >= 0.6 is 0 Å². The first-order valence-corrected chi connectivity index (χ1v) is 8.19. The molecule has 2 atom stereocenters. The molecule has 0 spiro atoms. The molecular weight excluding hydrogens is 246 g/mol. The third-order valence-electron chi connectivity index (χ3n) is 3.06. The summed E-state index contributed by atoms with van der Waals surface area (Å²) in [5.74, 6) is 0.400. The van der Waals surface area contributed by atoms with Crippen LogP contribution in [0.25, 0.3) is 0 Å². The average molecular weight is 269 g/mol. The van der Waals surface area contributed by atoms with Crippen LogP contribution in [0, 0.1) is 6.92 Å². The van der Waals surface area contributed by atoms with Gasteiger partial charge in [-0.2, -0.15) is 0 Å². The van der Waals surface area contributed by atoms with Gasteiger partial charge in [0.25, 0.3) is 0 Å². The minimum absolute atomic E-state index is 0.0359. The summed E-state index contributed by atoms with van der Waals surface area (Å²) >= 11 is 0. The topological polar surface area (TPSA) is 46.2 Å². The van der Waals surface area contributed by atoms with E-state index in [1.807, 2.05) is 6.92 Å². The van der Waals surface area contributed by atoms with Gasteiger partial charge >= 0.3 is 0 Å². The molecule has 0 aromatic heterocycles. The second kappa shape index (κ2) is 6.34. The molecule has 1 N–H and O–H groups in total. The van der Waals surface area contributed by atoms with E-state index in [9.17, 15) is 8.42 Å². The first kappa shape index (κ1) is 15.2. The molecule has 0 saturated carbocycles. The van der Waals surface area contributed by atoms with Gasteiger partial charge in [-0.25, -0.2) is 8.42 Å². The number of sulfone groups is 1. The highest BCUT2D eigenvalue weighted by Gasteiger charge is 2.16. The minimum atomic E-state index is -2.92. The van der Waals surface area contributed by atoms with E-state index in [1.54, 1.807) is 6.92 Å². The van der Waals surface area contributed by atoms with E-state index in [1.165, 1.54) is 11.1 Å². The zero-order chi connectivity index (χ0) is 13.8. The zero-order valence-electron chi connectivity index (χ0n) is 11.6. The van der Waals surface area contributed by atoms with Gasteiger partial charge in [-0.3, -0.25) is 0 Å². The summed E-state index contributed by atoms with van der Waals surface area (Å²) in [5, 5.41) is 3.33. The molecule has 0 heterocycles. The summed E-state index contributed by atoms with van der Waals surface area (Å²) in [6, 6.07) is 8.42. The second-order valence-electron chi connectivity index (χ2n) is 4.90. The summed E-state index contributed by atoms with van der Waals surface area (Å²) in [6.07, 6.45) is 0. The molecule has 4 heteroatoms. The molecule has 3 nitrogen and oxygen atoms in total. The van der Waals surface area contributed by atoms with Crippen molar-refractivity contribution in [3.8, 4) is 0 Å². The van der Waals surface area contributed by atoms with Gasteiger partial charge in [0.15, 0.2) is 9.84 Å². The van der Waals surface area contributed by atoms with Crippen LogP contribution in [0.5, 0.6) is 0 Å². The Morgan fingerprint density at radius 2 is 1.72 bits per heavy atom. The van der Waals surface area contributed by atoms with E-state index in [0.717, 1.165) is 0 Å². The van der Waals surface area contributed by atoms with Crippen molar-refractivity contribution < 1.29 is 8.42 Å². The molecule has 0 unspecified atom stereocenters. The summed E-state index contributed by atoms with van der Waals surface area (Å²) in [6.45, 7) is 7.71. The van der Waals surface area contributed by atoms with Crippen LogP contribution in [0.15, 0.2) is 24.3 Å². The molecule has 1 rings (SSSR count). The lowest BCUT2D eigenvalue weighted by Gasteiger charge is -2.20. The molecular formula is C14H23NO2S. The molecule has 0 amide bonds. The Bertz CT molecular complexity index is 465. The summed E-state index contributed by atoms with van der Waals surface area (Å²) in [4.78, 5) is 0. The highest BCUT2D eigenvalue weighted by atomic mass is 32.2. The van der Waals surface area contributed by atoms with Gasteiger partial charge in [0.1, 0.15) is 0 Å². The summed E-state index contributed by atoms with van der Waals surface area (Å²) < 4.78 is 23.1. The van der Waals surface area contributed by atoms with Gasteiger partial charge in [0.2, 0.25) is 0 Å². The maximum atomic E-state index is 11.5. The Balaban J connectivity index is 2.59. The van der Waals surface area contributed by atoms with E-state index in [4.69, 9.17) is 0 Å². The third-order valence-corrected chi connectivity index (χ3v) is 4.94. The van der Waals surface area contributed by atoms with Crippen LogP contribution in [0.2, 0.25) is 0 Å². The predicted octanol–water partition coefficient (Wildman–Crippen LogP) is 2.47. The van der Waals surface area contributed by atoms with Crippen molar-refractivity contribution in [2.24, 2.45) is 0 Å². The van der Waals surface area contributed by atoms with E-state index >= 15 is 0 Å². The van der Waals surface area contributed by atoms with E-state index in [0.29, 0.717) is 0 Å². The van der Waals surface area contributed by atoms with Crippen molar-refractivity contribution in [3.63, 3.8) is 0 Å². The highest BCUT2D eigenvalue weighted by molar-refractivity contribution is 7.91. The lowest BCUT2D eigenvalue weighted by atomic mass is 10.1. The van der Waals surface area contributed by atoms with Crippen molar-refractivity contribution in [2.75, 3.05) is 11.5 Å². The van der Waals surface area contributed by atoms with Crippen molar-refractivity contribution in [1.82, 2.24) is 5.32 Å². The lowest BCUT2D eigenvalue weighted by Crippen LogP contribution is -2.35. The standard InChI is InChI=1S/C14H23NO2S/c1-5-18(16,17)10-12(3)15-13(4)14-8-6-11(2)7-9-14/h6-9,12-13,15H,5,10H2,1-4H3/t12-,13+/m1/s1. The Morgan fingerprint density at radius 1 is 1.17 bits per heavy atom. The first-order valence-electron chi connectivity index (χ1n) is 6.37. The number of nitrogens with one attached hydrogen (secondary N) is 1. The number of aryl methyl sites for hydroxylation is 1. The van der Waals surface area contributed by atoms with Gasteiger partial charge in [0.05, 0.1) is 5.75 Å². The molecule has 0 aliphatic rings. The molecule has 0 aliphatic heterocycles. The lowest BCUT2D eigenvalue weighted by molar-refractivity contribution is 0.500. The molecule has 1 aromatic rings. The molecule has 0 saturated heterocycles. The Morgan fingerprint density at radius 3 is 2.22 bits per heavy atom. The molecule has 0 bridgehead atoms. The molecule has 18 heavy (non-hydrogen) atoms. The number of hydrogen-bond donors (Lipinski definition) is 1. The van der Waals surface area contributed by atoms with E-state index < -0.39 is 9.84 Å². The van der Waals surface area contributed by atoms with E-state index in [-0.39, 0.29) is 23.6 Å². The number of rotatable bonds is 6. The first-order chi connectivity index (χ1) is 8.34. The van der Waals surface area contributed by atoms with Gasteiger partial charge in [-0.1, -0.05) is 36.8 Å². The minimum Gasteiger partial charge on any atom is -0.307 e. The van der Waals surface area contributed by atoms with Crippen molar-refractivity contribution in [2.45, 2.75) is 39.8 Å². The summed E-state index contributed by atoms with van der Waals surface area (Å²) in [7, 11) is -2.92.